The largest absolute Gasteiger partial charge is 0.494 e. The second-order valence-corrected chi connectivity index (χ2v) is 9.01. The molecule has 0 saturated heterocycles. The molecule has 41 heavy (non-hydrogen) atoms. The van der Waals surface area contributed by atoms with Gasteiger partial charge in [0, 0.05) is 25.6 Å². The highest BCUT2D eigenvalue weighted by Gasteiger charge is 2.31. The van der Waals surface area contributed by atoms with Gasteiger partial charge >= 0.3 is 6.10 Å². The topological polar surface area (TPSA) is 230 Å². The Hall–Kier alpha value is -4.64. The zero-order valence-electron chi connectivity index (χ0n) is 22.1. The van der Waals surface area contributed by atoms with Crippen LogP contribution >= 0.6 is 0 Å². The number of hydrogen-bond donors (Lipinski definition) is 7. The molecule has 0 unspecified atom stereocenters. The monoisotopic (exact) mass is 571 g/mol. The number of hydrogen-bond acceptors (Lipinski definition) is 13. The van der Waals surface area contributed by atoms with Crippen LogP contribution in [0.1, 0.15) is 29.1 Å². The molecule has 4 rings (SSSR count). The first-order valence-electron chi connectivity index (χ1n) is 12.4. The van der Waals surface area contributed by atoms with Gasteiger partial charge in [-0.1, -0.05) is 6.07 Å². The molecule has 3 amide bonds. The Morgan fingerprint density at radius 1 is 1.12 bits per heavy atom. The summed E-state index contributed by atoms with van der Waals surface area (Å²) in [5.74, 6) is -1.13. The molecule has 218 valence electrons. The van der Waals surface area contributed by atoms with Crippen LogP contribution in [0, 0.1) is 5.92 Å². The van der Waals surface area contributed by atoms with E-state index in [0.717, 1.165) is 12.8 Å². The lowest BCUT2D eigenvalue weighted by Crippen LogP contribution is -2.48. The predicted molar refractivity (Wildman–Crippen MR) is 141 cm³/mol. The maximum Gasteiger partial charge on any atom is 0.369 e. The van der Waals surface area contributed by atoms with Gasteiger partial charge in [0.05, 0.1) is 43.3 Å². The number of nitrogens with zero attached hydrogens (tertiary/aromatic N) is 3. The highest BCUT2D eigenvalue weighted by Crippen LogP contribution is 2.38. The number of rotatable bonds is 13. The zero-order valence-corrected chi connectivity index (χ0v) is 22.1. The molecule has 0 atom stereocenters. The van der Waals surface area contributed by atoms with E-state index < -0.39 is 17.7 Å². The molecule has 3 aromatic rings. The van der Waals surface area contributed by atoms with E-state index in [1.54, 1.807) is 23.5 Å². The molecule has 1 fully saturated rings. The van der Waals surface area contributed by atoms with Crippen LogP contribution in [0.4, 0.5) is 17.2 Å². The summed E-state index contributed by atoms with van der Waals surface area (Å²) < 4.78 is 16.3. The predicted octanol–water partition coefficient (Wildman–Crippen LogP) is -0.145. The van der Waals surface area contributed by atoms with Crippen LogP contribution in [0.3, 0.4) is 0 Å². The average molecular weight is 572 g/mol. The van der Waals surface area contributed by atoms with Crippen LogP contribution < -0.4 is 26.0 Å². The average Bonchev–Trinajstić information content (AvgIpc) is 3.67. The number of methoxy groups -OCH3 is 2. The molecule has 1 saturated carbocycles. The number of oxazole rings is 1. The third-order valence-corrected chi connectivity index (χ3v) is 5.73. The van der Waals surface area contributed by atoms with Gasteiger partial charge in [-0.05, 0) is 25.0 Å². The van der Waals surface area contributed by atoms with E-state index >= 15 is 0 Å². The molecule has 0 aliphatic heterocycles. The van der Waals surface area contributed by atoms with Crippen LogP contribution in [0.5, 0.6) is 5.75 Å². The maximum absolute atomic E-state index is 12.6. The molecule has 1 aliphatic carbocycles. The van der Waals surface area contributed by atoms with E-state index in [4.69, 9.17) is 13.9 Å². The van der Waals surface area contributed by atoms with E-state index in [0.29, 0.717) is 30.2 Å². The second kappa shape index (κ2) is 12.7. The standard InChI is InChI=1S/C25H29N7O9/c1-39-9-8-26-19(33)10-14-12-27-24(41-14)15-4-3-5-16(21(15)40-2)28-17-11-18(29-22(34)13-6-7-13)31-32-20(17)23(35)30-25(36,37)38/h3-5,11-13,36-38H,6-10H2,1-2H3,(H,26,33)(H,30,35)(H2,28,29,31,34). The number of para-hydroxylation sites is 1. The van der Waals surface area contributed by atoms with Crippen LogP contribution in [0.2, 0.25) is 0 Å². The zero-order chi connectivity index (χ0) is 29.6. The number of ether oxygens (including phenoxy) is 2. The smallest absolute Gasteiger partial charge is 0.369 e. The van der Waals surface area contributed by atoms with E-state index in [2.05, 4.69) is 31.1 Å². The van der Waals surface area contributed by atoms with Gasteiger partial charge < -0.3 is 45.2 Å². The summed E-state index contributed by atoms with van der Waals surface area (Å²) in [7, 11) is 2.93. The van der Waals surface area contributed by atoms with Crippen molar-refractivity contribution in [3.05, 3.63) is 41.9 Å². The third-order valence-electron chi connectivity index (χ3n) is 5.73. The van der Waals surface area contributed by atoms with Crippen molar-refractivity contribution in [3.63, 3.8) is 0 Å². The minimum absolute atomic E-state index is 0.0240. The van der Waals surface area contributed by atoms with Crippen molar-refractivity contribution in [2.24, 2.45) is 5.92 Å². The molecule has 2 aromatic heterocycles. The maximum atomic E-state index is 12.6. The van der Waals surface area contributed by atoms with Gasteiger partial charge in [-0.3, -0.25) is 19.7 Å². The van der Waals surface area contributed by atoms with Gasteiger partial charge in [0.2, 0.25) is 17.7 Å². The number of benzene rings is 1. The number of aromatic nitrogens is 3. The molecule has 0 spiro atoms. The number of nitrogens with one attached hydrogen (secondary N) is 4. The van der Waals surface area contributed by atoms with Crippen molar-refractivity contribution in [1.29, 1.82) is 0 Å². The quantitative estimate of drug-likeness (QED) is 0.105. The van der Waals surface area contributed by atoms with Gasteiger partial charge in [-0.2, -0.15) is 0 Å². The first kappa shape index (κ1) is 29.3. The van der Waals surface area contributed by atoms with Crippen LogP contribution in [0.25, 0.3) is 11.5 Å². The van der Waals surface area contributed by atoms with Gasteiger partial charge in [0.25, 0.3) is 5.91 Å². The molecule has 1 aliphatic rings. The minimum Gasteiger partial charge on any atom is -0.494 e. The van der Waals surface area contributed by atoms with Crippen molar-refractivity contribution in [2.45, 2.75) is 25.4 Å². The first-order chi connectivity index (χ1) is 19.6. The van der Waals surface area contributed by atoms with Crippen molar-refractivity contribution >= 4 is 34.9 Å². The number of aliphatic hydroxyl groups is 3. The number of carbonyl (C=O) groups is 3. The molecule has 2 heterocycles. The van der Waals surface area contributed by atoms with Gasteiger partial charge in [0.15, 0.2) is 17.3 Å². The number of anilines is 3. The molecular weight excluding hydrogens is 542 g/mol. The SMILES string of the molecule is COCCNC(=O)Cc1cnc(-c2cccc(Nc3cc(NC(=O)C4CC4)nnc3C(=O)NC(O)(O)O)c2OC)o1. The first-order valence-corrected chi connectivity index (χ1v) is 12.4. The molecule has 0 bridgehead atoms. The van der Waals surface area contributed by atoms with Crippen molar-refractivity contribution in [3.8, 4) is 17.2 Å². The Morgan fingerprint density at radius 2 is 1.90 bits per heavy atom. The molecule has 0 radical (unpaired) electrons. The van der Waals surface area contributed by atoms with Gasteiger partial charge in [-0.25, -0.2) is 4.98 Å². The highest BCUT2D eigenvalue weighted by molar-refractivity contribution is 6.00. The Morgan fingerprint density at radius 3 is 2.59 bits per heavy atom. The van der Waals surface area contributed by atoms with E-state index in [1.165, 1.54) is 26.5 Å². The summed E-state index contributed by atoms with van der Waals surface area (Å²) in [6, 6.07) is 6.23. The lowest BCUT2D eigenvalue weighted by Gasteiger charge is -2.18. The van der Waals surface area contributed by atoms with Crippen molar-refractivity contribution in [2.75, 3.05) is 38.0 Å². The molecule has 16 nitrogen and oxygen atoms in total. The Labute approximate surface area is 233 Å². The normalized spacial score (nSPS) is 12.9. The number of amides is 3. The lowest BCUT2D eigenvalue weighted by molar-refractivity contribution is -0.323. The molecule has 7 N–H and O–H groups in total. The van der Waals surface area contributed by atoms with Crippen molar-refractivity contribution < 1.29 is 43.6 Å². The van der Waals surface area contributed by atoms with Gasteiger partial charge in [0.1, 0.15) is 5.76 Å². The summed E-state index contributed by atoms with van der Waals surface area (Å²) >= 11 is 0. The Bertz CT molecular complexity index is 1420. The fourth-order valence-electron chi connectivity index (χ4n) is 3.70. The van der Waals surface area contributed by atoms with Crippen LogP contribution in [0.15, 0.2) is 34.9 Å². The van der Waals surface area contributed by atoms with Crippen molar-refractivity contribution in [1.82, 2.24) is 25.8 Å². The molecular formula is C25H29N7O9. The fourth-order valence-corrected chi connectivity index (χ4v) is 3.70. The van der Waals surface area contributed by atoms with Crippen LogP contribution in [-0.4, -0.2) is 81.7 Å². The van der Waals surface area contributed by atoms with E-state index in [1.807, 2.05) is 0 Å². The number of carbonyl (C=O) groups excluding carboxylic acids is 3. The van der Waals surface area contributed by atoms with E-state index in [9.17, 15) is 29.7 Å². The fraction of sp³-hybridized carbons (Fsp3) is 0.360. The van der Waals surface area contributed by atoms with Gasteiger partial charge in [-0.15, -0.1) is 10.2 Å². The summed E-state index contributed by atoms with van der Waals surface area (Å²) in [6.45, 7) is 0.722. The summed E-state index contributed by atoms with van der Waals surface area (Å²) in [5.41, 5.74) is 0.233. The summed E-state index contributed by atoms with van der Waals surface area (Å²) in [4.78, 5) is 41.2. The minimum atomic E-state index is -3.52. The highest BCUT2D eigenvalue weighted by atomic mass is 16.7. The molecule has 16 heteroatoms. The third kappa shape index (κ3) is 7.95. The summed E-state index contributed by atoms with van der Waals surface area (Å²) in [5, 5.41) is 45.1. The Balaban J connectivity index is 1.62. The summed E-state index contributed by atoms with van der Waals surface area (Å²) in [6.07, 6.45) is -0.645. The lowest BCUT2D eigenvalue weighted by atomic mass is 10.1. The van der Waals surface area contributed by atoms with Crippen LogP contribution in [-0.2, 0) is 20.7 Å². The Kier molecular flexibility index (Phi) is 9.08. The molecule has 1 aromatic carbocycles. The van der Waals surface area contributed by atoms with E-state index in [-0.39, 0.29) is 47.3 Å². The second-order valence-electron chi connectivity index (χ2n) is 9.01.